The third-order valence-corrected chi connectivity index (χ3v) is 5.13. The summed E-state index contributed by atoms with van der Waals surface area (Å²) in [5, 5.41) is 29.4. The van der Waals surface area contributed by atoms with Gasteiger partial charge in [-0.15, -0.1) is 5.10 Å². The zero-order valence-electron chi connectivity index (χ0n) is 17.9. The summed E-state index contributed by atoms with van der Waals surface area (Å²) in [6.07, 6.45) is 5.35. The topological polar surface area (TPSA) is 124 Å². The van der Waals surface area contributed by atoms with Crippen molar-refractivity contribution in [2.75, 3.05) is 25.5 Å². The number of hydrogen-bond acceptors (Lipinski definition) is 8. The Morgan fingerprint density at radius 2 is 2.00 bits per heavy atom. The van der Waals surface area contributed by atoms with Crippen molar-refractivity contribution >= 4 is 34.1 Å². The highest BCUT2D eigenvalue weighted by Gasteiger charge is 2.20. The van der Waals surface area contributed by atoms with Gasteiger partial charge in [-0.3, -0.25) is 10.4 Å². The normalized spacial score (nSPS) is 14.4. The van der Waals surface area contributed by atoms with Crippen LogP contribution in [0.1, 0.15) is 30.9 Å². The number of nitrogens with zero attached hydrogens (tertiary/aromatic N) is 4. The van der Waals surface area contributed by atoms with Crippen LogP contribution in [0.15, 0.2) is 42.9 Å². The summed E-state index contributed by atoms with van der Waals surface area (Å²) < 4.78 is 0. The zero-order valence-corrected chi connectivity index (χ0v) is 17.9. The molecule has 0 atom stereocenters. The van der Waals surface area contributed by atoms with Crippen LogP contribution in [-0.4, -0.2) is 52.2 Å². The van der Waals surface area contributed by atoms with Crippen molar-refractivity contribution in [1.29, 1.82) is 5.41 Å². The summed E-state index contributed by atoms with van der Waals surface area (Å²) in [5.41, 5.74) is 4.17. The van der Waals surface area contributed by atoms with E-state index in [1.54, 1.807) is 18.6 Å². The second-order valence-corrected chi connectivity index (χ2v) is 7.83. The lowest BCUT2D eigenvalue weighted by Gasteiger charge is -2.29. The number of nitrogens with one attached hydrogen (secondary N) is 5. The Balaban J connectivity index is 1.61. The predicted molar refractivity (Wildman–Crippen MR) is 123 cm³/mol. The van der Waals surface area contributed by atoms with E-state index in [9.17, 15) is 0 Å². The van der Waals surface area contributed by atoms with E-state index >= 15 is 0 Å². The molecule has 1 saturated heterocycles. The SMILES string of the molecule is CN/C=C(\C(=N)NC1CNC1)c1cnc2ccc(Nc3cc(C(C)C)cnn3)nc2c1. The van der Waals surface area contributed by atoms with E-state index in [0.717, 1.165) is 40.8 Å². The van der Waals surface area contributed by atoms with Gasteiger partial charge in [0, 0.05) is 43.7 Å². The fourth-order valence-electron chi connectivity index (χ4n) is 3.23. The molecule has 0 saturated carbocycles. The molecule has 9 nitrogen and oxygen atoms in total. The summed E-state index contributed by atoms with van der Waals surface area (Å²) in [4.78, 5) is 9.25. The van der Waals surface area contributed by atoms with Crippen molar-refractivity contribution in [3.05, 3.63) is 54.0 Å². The molecule has 1 aliphatic heterocycles. The molecule has 1 aliphatic rings. The summed E-state index contributed by atoms with van der Waals surface area (Å²) in [6, 6.07) is 7.99. The quantitative estimate of drug-likeness (QED) is 0.293. The maximum Gasteiger partial charge on any atom is 0.154 e. The molecule has 5 N–H and O–H groups in total. The average Bonchev–Trinajstić information content (AvgIpc) is 2.74. The number of rotatable bonds is 7. The van der Waals surface area contributed by atoms with Crippen LogP contribution in [0.25, 0.3) is 16.6 Å². The van der Waals surface area contributed by atoms with Gasteiger partial charge in [0.1, 0.15) is 11.7 Å². The highest BCUT2D eigenvalue weighted by Crippen LogP contribution is 2.22. The molecule has 31 heavy (non-hydrogen) atoms. The van der Waals surface area contributed by atoms with Gasteiger partial charge >= 0.3 is 0 Å². The third kappa shape index (κ3) is 4.77. The van der Waals surface area contributed by atoms with Crippen molar-refractivity contribution in [2.45, 2.75) is 25.8 Å². The van der Waals surface area contributed by atoms with E-state index in [1.165, 1.54) is 0 Å². The molecule has 0 aliphatic carbocycles. The van der Waals surface area contributed by atoms with Gasteiger partial charge < -0.3 is 21.3 Å². The second-order valence-electron chi connectivity index (χ2n) is 7.83. The molecule has 3 aromatic heterocycles. The maximum atomic E-state index is 8.48. The molecule has 0 unspecified atom stereocenters. The van der Waals surface area contributed by atoms with Gasteiger partial charge in [-0.2, -0.15) is 5.10 Å². The van der Waals surface area contributed by atoms with E-state index in [0.29, 0.717) is 23.4 Å². The minimum Gasteiger partial charge on any atom is -0.393 e. The molecular weight excluding hydrogens is 390 g/mol. The van der Waals surface area contributed by atoms with Crippen molar-refractivity contribution in [3.63, 3.8) is 0 Å². The summed E-state index contributed by atoms with van der Waals surface area (Å²) >= 11 is 0. The Kier molecular flexibility index (Phi) is 6.03. The first-order chi connectivity index (χ1) is 15.0. The number of anilines is 2. The summed E-state index contributed by atoms with van der Waals surface area (Å²) in [7, 11) is 1.82. The summed E-state index contributed by atoms with van der Waals surface area (Å²) in [6.45, 7) is 5.96. The molecule has 9 heteroatoms. The molecule has 3 aromatic rings. The minimum atomic E-state index is 0.276. The lowest BCUT2D eigenvalue weighted by Crippen LogP contribution is -2.56. The van der Waals surface area contributed by atoms with Gasteiger partial charge in [0.05, 0.1) is 23.3 Å². The van der Waals surface area contributed by atoms with Crippen molar-refractivity contribution < 1.29 is 0 Å². The Bertz CT molecular complexity index is 1120. The van der Waals surface area contributed by atoms with E-state index < -0.39 is 0 Å². The van der Waals surface area contributed by atoms with Gasteiger partial charge in [0.15, 0.2) is 5.82 Å². The van der Waals surface area contributed by atoms with Gasteiger partial charge in [-0.25, -0.2) is 4.98 Å². The number of hydrogen-bond donors (Lipinski definition) is 5. The van der Waals surface area contributed by atoms with E-state index in [-0.39, 0.29) is 6.04 Å². The third-order valence-electron chi connectivity index (χ3n) is 5.13. The Morgan fingerprint density at radius 1 is 1.16 bits per heavy atom. The molecule has 1 fully saturated rings. The van der Waals surface area contributed by atoms with Crippen LogP contribution in [0.2, 0.25) is 0 Å². The van der Waals surface area contributed by atoms with E-state index in [1.807, 2.05) is 31.3 Å². The summed E-state index contributed by atoms with van der Waals surface area (Å²) in [5.74, 6) is 2.04. The fraction of sp³-hybridized carbons (Fsp3) is 0.318. The first-order valence-electron chi connectivity index (χ1n) is 10.3. The van der Waals surface area contributed by atoms with Crippen molar-refractivity contribution in [2.24, 2.45) is 0 Å². The van der Waals surface area contributed by atoms with Gasteiger partial charge in [-0.05, 0) is 35.7 Å². The molecule has 0 spiro atoms. The van der Waals surface area contributed by atoms with Crippen LogP contribution >= 0.6 is 0 Å². The van der Waals surface area contributed by atoms with Crippen molar-refractivity contribution in [3.8, 4) is 0 Å². The van der Waals surface area contributed by atoms with E-state index in [2.05, 4.69) is 50.3 Å². The van der Waals surface area contributed by atoms with Crippen LogP contribution in [0.3, 0.4) is 0 Å². The molecule has 0 aromatic carbocycles. The van der Waals surface area contributed by atoms with Gasteiger partial charge in [-0.1, -0.05) is 13.8 Å². The molecule has 0 amide bonds. The lowest BCUT2D eigenvalue weighted by molar-refractivity contribution is 0.412. The lowest BCUT2D eigenvalue weighted by atomic mass is 10.1. The highest BCUT2D eigenvalue weighted by atomic mass is 15.2. The molecular formula is C22H27N9. The van der Waals surface area contributed by atoms with Crippen LogP contribution in [0.5, 0.6) is 0 Å². The minimum absolute atomic E-state index is 0.276. The monoisotopic (exact) mass is 417 g/mol. The Labute approximate surface area is 181 Å². The van der Waals surface area contributed by atoms with Gasteiger partial charge in [0.25, 0.3) is 0 Å². The largest absolute Gasteiger partial charge is 0.393 e. The number of pyridine rings is 2. The number of fused-ring (bicyclic) bond motifs is 1. The second kappa shape index (κ2) is 9.05. The first kappa shape index (κ1) is 20.7. The maximum absolute atomic E-state index is 8.48. The molecule has 160 valence electrons. The van der Waals surface area contributed by atoms with Gasteiger partial charge in [0.2, 0.25) is 0 Å². The predicted octanol–water partition coefficient (Wildman–Crippen LogP) is 2.39. The standard InChI is InChI=1S/C22H27N9/c1-13(2)14-7-21(31-27-9-14)30-20-5-4-18-19(29-20)6-15(8-26-18)17(12-24-3)22(23)28-16-10-25-11-16/h4-9,12-13,16,24-25H,10-11H2,1-3H3,(H2,23,28)(H,29,30,31)/b17-12-. The molecule has 4 heterocycles. The number of aromatic nitrogens is 4. The number of amidine groups is 1. The average molecular weight is 418 g/mol. The van der Waals surface area contributed by atoms with Crippen LogP contribution in [0, 0.1) is 5.41 Å². The molecule has 4 rings (SSSR count). The highest BCUT2D eigenvalue weighted by molar-refractivity contribution is 6.21. The first-order valence-corrected chi connectivity index (χ1v) is 10.3. The fourth-order valence-corrected chi connectivity index (χ4v) is 3.23. The smallest absolute Gasteiger partial charge is 0.154 e. The zero-order chi connectivity index (χ0) is 21.8. The van der Waals surface area contributed by atoms with Crippen LogP contribution in [0.4, 0.5) is 11.6 Å². The van der Waals surface area contributed by atoms with E-state index in [4.69, 9.17) is 10.4 Å². The Morgan fingerprint density at radius 3 is 2.71 bits per heavy atom. The van der Waals surface area contributed by atoms with Crippen LogP contribution in [-0.2, 0) is 0 Å². The molecule has 0 bridgehead atoms. The Hall–Kier alpha value is -3.59. The van der Waals surface area contributed by atoms with Crippen LogP contribution < -0.4 is 21.3 Å². The molecule has 0 radical (unpaired) electrons. The van der Waals surface area contributed by atoms with Crippen molar-refractivity contribution in [1.82, 2.24) is 36.1 Å².